The summed E-state index contributed by atoms with van der Waals surface area (Å²) in [6, 6.07) is 13.7. The number of carbonyl (C=O) groups is 1. The van der Waals surface area contributed by atoms with Gasteiger partial charge in [-0.3, -0.25) is 4.79 Å². The maximum atomic E-state index is 12.4. The van der Waals surface area contributed by atoms with Crippen LogP contribution in [0.5, 0.6) is 5.75 Å². The number of nitrogens with zero attached hydrogens (tertiary/aromatic N) is 3. The fraction of sp³-hybridized carbons (Fsp3) is 0.318. The molecule has 0 fully saturated rings. The molecule has 152 valence electrons. The normalized spacial score (nSPS) is 10.8. The van der Waals surface area contributed by atoms with E-state index in [2.05, 4.69) is 22.4 Å². The molecule has 0 bridgehead atoms. The van der Waals surface area contributed by atoms with E-state index in [9.17, 15) is 4.79 Å². The molecular weight excluding hydrogens is 384 g/mol. The molecule has 0 unspecified atom stereocenters. The van der Waals surface area contributed by atoms with Gasteiger partial charge in [0.2, 0.25) is 5.91 Å². The third-order valence-electron chi connectivity index (χ3n) is 4.58. The summed E-state index contributed by atoms with van der Waals surface area (Å²) in [6.07, 6.45) is 0. The predicted octanol–water partition coefficient (Wildman–Crippen LogP) is 4.71. The third-order valence-corrected chi connectivity index (χ3v) is 5.55. The van der Waals surface area contributed by atoms with Crippen molar-refractivity contribution in [2.24, 2.45) is 0 Å². The van der Waals surface area contributed by atoms with Crippen molar-refractivity contribution in [1.82, 2.24) is 14.8 Å². The number of anilines is 1. The van der Waals surface area contributed by atoms with E-state index in [-0.39, 0.29) is 11.7 Å². The Balaban J connectivity index is 1.66. The first kappa shape index (κ1) is 20.9. The van der Waals surface area contributed by atoms with Crippen LogP contribution in [0.1, 0.15) is 25.0 Å². The lowest BCUT2D eigenvalue weighted by atomic mass is 10.1. The minimum Gasteiger partial charge on any atom is -0.494 e. The number of thioether (sulfide) groups is 1. The zero-order valence-corrected chi connectivity index (χ0v) is 18.0. The fourth-order valence-electron chi connectivity index (χ4n) is 2.91. The first-order valence-corrected chi connectivity index (χ1v) is 10.7. The molecule has 0 atom stereocenters. The minimum atomic E-state index is -0.0634. The molecule has 2 aromatic carbocycles. The van der Waals surface area contributed by atoms with Crippen molar-refractivity contribution in [3.63, 3.8) is 0 Å². The van der Waals surface area contributed by atoms with Gasteiger partial charge in [0, 0.05) is 17.8 Å². The number of aryl methyl sites for hydroxylation is 2. The Morgan fingerprint density at radius 2 is 1.83 bits per heavy atom. The van der Waals surface area contributed by atoms with Gasteiger partial charge in [0.25, 0.3) is 0 Å². The lowest BCUT2D eigenvalue weighted by Gasteiger charge is -2.09. The highest BCUT2D eigenvalue weighted by molar-refractivity contribution is 7.99. The second-order valence-corrected chi connectivity index (χ2v) is 7.59. The van der Waals surface area contributed by atoms with E-state index in [1.165, 1.54) is 17.3 Å². The highest BCUT2D eigenvalue weighted by atomic mass is 32.2. The van der Waals surface area contributed by atoms with E-state index < -0.39 is 0 Å². The summed E-state index contributed by atoms with van der Waals surface area (Å²) in [7, 11) is 0. The molecule has 0 aliphatic rings. The molecule has 3 aromatic rings. The standard InChI is InChI=1S/C22H26N4O2S/c1-5-26-21(17-8-11-19(12-9-17)28-6-2)24-25-22(26)29-14-20(27)23-18-10-7-15(3)16(4)13-18/h7-13H,5-6,14H2,1-4H3,(H,23,27). The zero-order valence-electron chi connectivity index (χ0n) is 17.2. The van der Waals surface area contributed by atoms with Crippen LogP contribution in [-0.2, 0) is 11.3 Å². The van der Waals surface area contributed by atoms with Crippen molar-refractivity contribution in [3.05, 3.63) is 53.6 Å². The molecule has 29 heavy (non-hydrogen) atoms. The number of carbonyl (C=O) groups excluding carboxylic acids is 1. The lowest BCUT2D eigenvalue weighted by Crippen LogP contribution is -2.14. The van der Waals surface area contributed by atoms with Crippen LogP contribution in [0.15, 0.2) is 47.6 Å². The Morgan fingerprint density at radius 1 is 1.07 bits per heavy atom. The Kier molecular flexibility index (Phi) is 6.93. The van der Waals surface area contributed by atoms with Gasteiger partial charge >= 0.3 is 0 Å². The summed E-state index contributed by atoms with van der Waals surface area (Å²) in [6.45, 7) is 9.44. The number of hydrogen-bond donors (Lipinski definition) is 1. The van der Waals surface area contributed by atoms with Crippen LogP contribution in [0, 0.1) is 13.8 Å². The van der Waals surface area contributed by atoms with Gasteiger partial charge in [-0.2, -0.15) is 0 Å². The zero-order chi connectivity index (χ0) is 20.8. The van der Waals surface area contributed by atoms with Crippen LogP contribution in [0.25, 0.3) is 11.4 Å². The number of amides is 1. The van der Waals surface area contributed by atoms with Crippen LogP contribution in [0.3, 0.4) is 0 Å². The molecule has 6 nitrogen and oxygen atoms in total. The van der Waals surface area contributed by atoms with Gasteiger partial charge in [0.1, 0.15) is 5.75 Å². The molecule has 0 saturated heterocycles. The molecule has 0 aliphatic heterocycles. The molecule has 7 heteroatoms. The largest absolute Gasteiger partial charge is 0.494 e. The van der Waals surface area contributed by atoms with Gasteiger partial charge < -0.3 is 14.6 Å². The number of benzene rings is 2. The summed E-state index contributed by atoms with van der Waals surface area (Å²) in [5.74, 6) is 1.82. The van der Waals surface area contributed by atoms with E-state index in [4.69, 9.17) is 4.74 Å². The molecule has 0 aliphatic carbocycles. The number of nitrogens with one attached hydrogen (secondary N) is 1. The summed E-state index contributed by atoms with van der Waals surface area (Å²) in [4.78, 5) is 12.4. The molecule has 1 aromatic heterocycles. The maximum absolute atomic E-state index is 12.4. The van der Waals surface area contributed by atoms with E-state index >= 15 is 0 Å². The van der Waals surface area contributed by atoms with Gasteiger partial charge in [0.05, 0.1) is 12.4 Å². The smallest absolute Gasteiger partial charge is 0.234 e. The van der Waals surface area contributed by atoms with Gasteiger partial charge in [-0.15, -0.1) is 10.2 Å². The second-order valence-electron chi connectivity index (χ2n) is 6.64. The SMILES string of the molecule is CCOc1ccc(-c2nnc(SCC(=O)Nc3ccc(C)c(C)c3)n2CC)cc1. The van der Waals surface area contributed by atoms with Crippen LogP contribution in [0.2, 0.25) is 0 Å². The van der Waals surface area contributed by atoms with Crippen LogP contribution in [-0.4, -0.2) is 33.0 Å². The van der Waals surface area contributed by atoms with Gasteiger partial charge in [-0.1, -0.05) is 17.8 Å². The molecular formula is C22H26N4O2S. The molecule has 1 N–H and O–H groups in total. The first-order valence-electron chi connectivity index (χ1n) is 9.68. The summed E-state index contributed by atoms with van der Waals surface area (Å²) >= 11 is 1.39. The molecule has 3 rings (SSSR count). The van der Waals surface area contributed by atoms with Crippen LogP contribution in [0.4, 0.5) is 5.69 Å². The minimum absolute atomic E-state index is 0.0634. The molecule has 0 radical (unpaired) electrons. The number of ether oxygens (including phenoxy) is 1. The second kappa shape index (κ2) is 9.60. The number of aromatic nitrogens is 3. The average molecular weight is 411 g/mol. The Morgan fingerprint density at radius 3 is 2.48 bits per heavy atom. The van der Waals surface area contributed by atoms with E-state index in [1.54, 1.807) is 0 Å². The highest BCUT2D eigenvalue weighted by Gasteiger charge is 2.15. The van der Waals surface area contributed by atoms with Crippen LogP contribution >= 0.6 is 11.8 Å². The Labute approximate surface area is 175 Å². The van der Waals surface area contributed by atoms with E-state index in [0.29, 0.717) is 6.61 Å². The number of rotatable bonds is 8. The quantitative estimate of drug-likeness (QED) is 0.545. The van der Waals surface area contributed by atoms with Crippen molar-refractivity contribution in [2.45, 2.75) is 39.4 Å². The van der Waals surface area contributed by atoms with Gasteiger partial charge in [-0.05, 0) is 75.2 Å². The molecule has 0 spiro atoms. The van der Waals surface area contributed by atoms with Crippen molar-refractivity contribution < 1.29 is 9.53 Å². The van der Waals surface area contributed by atoms with E-state index in [0.717, 1.165) is 40.1 Å². The van der Waals surface area contributed by atoms with Crippen molar-refractivity contribution in [1.29, 1.82) is 0 Å². The molecule has 0 saturated carbocycles. The van der Waals surface area contributed by atoms with E-state index in [1.807, 2.05) is 67.8 Å². The van der Waals surface area contributed by atoms with Crippen molar-refractivity contribution in [2.75, 3.05) is 17.7 Å². The topological polar surface area (TPSA) is 69.0 Å². The van der Waals surface area contributed by atoms with Gasteiger partial charge in [0.15, 0.2) is 11.0 Å². The summed E-state index contributed by atoms with van der Waals surface area (Å²) in [5.41, 5.74) is 4.14. The first-order chi connectivity index (χ1) is 14.0. The Bertz CT molecular complexity index is 983. The van der Waals surface area contributed by atoms with Gasteiger partial charge in [-0.25, -0.2) is 0 Å². The highest BCUT2D eigenvalue weighted by Crippen LogP contribution is 2.26. The third kappa shape index (κ3) is 5.17. The fourth-order valence-corrected chi connectivity index (χ4v) is 3.71. The predicted molar refractivity (Wildman–Crippen MR) is 118 cm³/mol. The number of hydrogen-bond acceptors (Lipinski definition) is 5. The molecule has 1 amide bonds. The summed E-state index contributed by atoms with van der Waals surface area (Å²) in [5, 5.41) is 12.3. The van der Waals surface area contributed by atoms with Crippen molar-refractivity contribution >= 4 is 23.4 Å². The van der Waals surface area contributed by atoms with Crippen LogP contribution < -0.4 is 10.1 Å². The monoisotopic (exact) mass is 410 g/mol. The molecule has 1 heterocycles. The van der Waals surface area contributed by atoms with Crippen molar-refractivity contribution in [3.8, 4) is 17.1 Å². The Hall–Kier alpha value is -2.80. The average Bonchev–Trinajstić information content (AvgIpc) is 3.13. The summed E-state index contributed by atoms with van der Waals surface area (Å²) < 4.78 is 7.51. The maximum Gasteiger partial charge on any atom is 0.234 e. The lowest BCUT2D eigenvalue weighted by molar-refractivity contribution is -0.113.